The van der Waals surface area contributed by atoms with Gasteiger partial charge < -0.3 is 11.1 Å². The van der Waals surface area contributed by atoms with Gasteiger partial charge >= 0.3 is 0 Å². The van der Waals surface area contributed by atoms with Gasteiger partial charge in [-0.15, -0.1) is 11.3 Å². The van der Waals surface area contributed by atoms with E-state index in [1.165, 1.54) is 22.6 Å². The molecule has 3 N–H and O–H groups in total. The molecule has 0 unspecified atom stereocenters. The number of nitrogens with zero attached hydrogens (tertiary/aromatic N) is 3. The van der Waals surface area contributed by atoms with Crippen molar-refractivity contribution in [1.29, 1.82) is 0 Å². The minimum atomic E-state index is -0.0292. The zero-order valence-electron chi connectivity index (χ0n) is 16.3. The summed E-state index contributed by atoms with van der Waals surface area (Å²) in [7, 11) is 1.95. The number of rotatable bonds is 7. The summed E-state index contributed by atoms with van der Waals surface area (Å²) in [5, 5.41) is 8.54. The number of hydrogen-bond acceptors (Lipinski definition) is 5. The summed E-state index contributed by atoms with van der Waals surface area (Å²) in [6.45, 7) is 4.71. The SMILES string of the molecule is Cc1nn(C)c(C)c1CCCNC(=O)Cc1sc(N)nc1-c1ccc(Cl)cc1. The topological polar surface area (TPSA) is 85.8 Å². The molecule has 0 radical (unpaired) electrons. The lowest BCUT2D eigenvalue weighted by Gasteiger charge is -2.06. The Morgan fingerprint density at radius 2 is 2.00 bits per heavy atom. The van der Waals surface area contributed by atoms with Gasteiger partial charge in [-0.2, -0.15) is 5.10 Å². The molecule has 1 amide bonds. The van der Waals surface area contributed by atoms with Crippen molar-refractivity contribution in [2.75, 3.05) is 12.3 Å². The van der Waals surface area contributed by atoms with Crippen molar-refractivity contribution >= 4 is 34.0 Å². The fourth-order valence-corrected chi connectivity index (χ4v) is 4.18. The second kappa shape index (κ2) is 8.75. The van der Waals surface area contributed by atoms with Crippen LogP contribution in [0.2, 0.25) is 5.02 Å². The minimum Gasteiger partial charge on any atom is -0.375 e. The third kappa shape index (κ3) is 4.72. The maximum Gasteiger partial charge on any atom is 0.225 e. The Morgan fingerprint density at radius 3 is 2.64 bits per heavy atom. The highest BCUT2D eigenvalue weighted by Crippen LogP contribution is 2.30. The van der Waals surface area contributed by atoms with Gasteiger partial charge in [0.15, 0.2) is 5.13 Å². The molecule has 0 spiro atoms. The summed E-state index contributed by atoms with van der Waals surface area (Å²) < 4.78 is 1.90. The molecule has 2 aromatic heterocycles. The molecule has 6 nitrogen and oxygen atoms in total. The van der Waals surface area contributed by atoms with Crippen LogP contribution < -0.4 is 11.1 Å². The van der Waals surface area contributed by atoms with E-state index >= 15 is 0 Å². The number of anilines is 1. The number of nitrogen functional groups attached to an aromatic ring is 1. The van der Waals surface area contributed by atoms with E-state index in [0.29, 0.717) is 16.7 Å². The lowest BCUT2D eigenvalue weighted by atomic mass is 10.1. The molecule has 3 aromatic rings. The molecule has 0 fully saturated rings. The molecule has 0 aliphatic heterocycles. The van der Waals surface area contributed by atoms with Gasteiger partial charge in [0.1, 0.15) is 0 Å². The van der Waals surface area contributed by atoms with Crippen molar-refractivity contribution in [2.45, 2.75) is 33.1 Å². The Labute approximate surface area is 173 Å². The highest BCUT2D eigenvalue weighted by Gasteiger charge is 2.15. The Morgan fingerprint density at radius 1 is 1.29 bits per heavy atom. The quantitative estimate of drug-likeness (QED) is 0.574. The summed E-state index contributed by atoms with van der Waals surface area (Å²) in [6, 6.07) is 7.38. The number of amides is 1. The zero-order chi connectivity index (χ0) is 20.3. The second-order valence-corrected chi connectivity index (χ2v) is 8.29. The van der Waals surface area contributed by atoms with Gasteiger partial charge in [-0.05, 0) is 44.4 Å². The van der Waals surface area contributed by atoms with Crippen LogP contribution in [0.5, 0.6) is 0 Å². The molecule has 1 aromatic carbocycles. The van der Waals surface area contributed by atoms with Gasteiger partial charge in [-0.1, -0.05) is 23.7 Å². The summed E-state index contributed by atoms with van der Waals surface area (Å²) in [6.07, 6.45) is 2.03. The number of aromatic nitrogens is 3. The first-order valence-electron chi connectivity index (χ1n) is 9.12. The van der Waals surface area contributed by atoms with Crippen molar-refractivity contribution in [3.63, 3.8) is 0 Å². The normalized spacial score (nSPS) is 11.0. The Bertz CT molecular complexity index is 977. The highest BCUT2D eigenvalue weighted by molar-refractivity contribution is 7.15. The number of hydrogen-bond donors (Lipinski definition) is 2. The number of nitrogens with one attached hydrogen (secondary N) is 1. The predicted octanol–water partition coefficient (Wildman–Crippen LogP) is 3.69. The van der Waals surface area contributed by atoms with E-state index in [0.717, 1.165) is 34.7 Å². The van der Waals surface area contributed by atoms with Crippen molar-refractivity contribution < 1.29 is 4.79 Å². The average Bonchev–Trinajstić information content (AvgIpc) is 3.12. The lowest BCUT2D eigenvalue weighted by molar-refractivity contribution is -0.120. The van der Waals surface area contributed by atoms with Gasteiger partial charge in [0.2, 0.25) is 5.91 Å². The monoisotopic (exact) mass is 417 g/mol. The van der Waals surface area contributed by atoms with Gasteiger partial charge in [0.05, 0.1) is 17.8 Å². The number of aryl methyl sites for hydroxylation is 2. The van der Waals surface area contributed by atoms with Crippen LogP contribution in [-0.2, 0) is 24.7 Å². The molecule has 2 heterocycles. The van der Waals surface area contributed by atoms with E-state index in [4.69, 9.17) is 17.3 Å². The summed E-state index contributed by atoms with van der Waals surface area (Å²) in [5.41, 5.74) is 11.0. The number of thiazole rings is 1. The first kappa shape index (κ1) is 20.4. The molecule has 0 aliphatic rings. The molecule has 0 atom stereocenters. The van der Waals surface area contributed by atoms with Crippen LogP contribution >= 0.6 is 22.9 Å². The third-order valence-corrected chi connectivity index (χ3v) is 5.87. The summed E-state index contributed by atoms with van der Waals surface area (Å²) in [5.74, 6) is -0.0292. The minimum absolute atomic E-state index is 0.0292. The summed E-state index contributed by atoms with van der Waals surface area (Å²) >= 11 is 7.30. The van der Waals surface area contributed by atoms with Crippen LogP contribution in [0.1, 0.15) is 28.2 Å². The Hall–Kier alpha value is -2.38. The molecule has 0 bridgehead atoms. The van der Waals surface area contributed by atoms with Crippen LogP contribution in [-0.4, -0.2) is 27.2 Å². The Kier molecular flexibility index (Phi) is 6.36. The van der Waals surface area contributed by atoms with E-state index in [1.807, 2.05) is 30.8 Å². The predicted molar refractivity (Wildman–Crippen MR) is 115 cm³/mol. The molecule has 3 rings (SSSR count). The fraction of sp³-hybridized carbons (Fsp3) is 0.350. The van der Waals surface area contributed by atoms with Crippen molar-refractivity contribution in [3.05, 3.63) is 51.1 Å². The first-order valence-corrected chi connectivity index (χ1v) is 10.3. The van der Waals surface area contributed by atoms with E-state index in [9.17, 15) is 4.79 Å². The van der Waals surface area contributed by atoms with E-state index < -0.39 is 0 Å². The van der Waals surface area contributed by atoms with Gasteiger partial charge in [0.25, 0.3) is 0 Å². The molecule has 28 heavy (non-hydrogen) atoms. The molecule has 0 aliphatic carbocycles. The molecular formula is C20H24ClN5OS. The van der Waals surface area contributed by atoms with E-state index in [1.54, 1.807) is 12.1 Å². The fourth-order valence-electron chi connectivity index (χ4n) is 3.20. The van der Waals surface area contributed by atoms with Gasteiger partial charge in [0, 0.05) is 34.7 Å². The first-order chi connectivity index (χ1) is 13.3. The van der Waals surface area contributed by atoms with Crippen LogP contribution in [0, 0.1) is 13.8 Å². The number of carbonyl (C=O) groups is 1. The maximum atomic E-state index is 12.4. The molecule has 0 saturated heterocycles. The van der Waals surface area contributed by atoms with E-state index in [-0.39, 0.29) is 12.3 Å². The van der Waals surface area contributed by atoms with Crippen molar-refractivity contribution in [3.8, 4) is 11.3 Å². The Balaban J connectivity index is 1.56. The number of carbonyl (C=O) groups excluding carboxylic acids is 1. The number of nitrogens with two attached hydrogens (primary N) is 1. The van der Waals surface area contributed by atoms with Crippen LogP contribution in [0.15, 0.2) is 24.3 Å². The number of halogens is 1. The van der Waals surface area contributed by atoms with Gasteiger partial charge in [-0.25, -0.2) is 4.98 Å². The average molecular weight is 418 g/mol. The molecule has 148 valence electrons. The van der Waals surface area contributed by atoms with Crippen LogP contribution in [0.4, 0.5) is 5.13 Å². The molecule has 0 saturated carbocycles. The van der Waals surface area contributed by atoms with Gasteiger partial charge in [-0.3, -0.25) is 9.48 Å². The largest absolute Gasteiger partial charge is 0.375 e. The lowest BCUT2D eigenvalue weighted by Crippen LogP contribution is -2.26. The molecular weight excluding hydrogens is 394 g/mol. The summed E-state index contributed by atoms with van der Waals surface area (Å²) in [4.78, 5) is 17.6. The molecule has 8 heteroatoms. The highest BCUT2D eigenvalue weighted by atomic mass is 35.5. The van der Waals surface area contributed by atoms with E-state index in [2.05, 4.69) is 22.3 Å². The second-order valence-electron chi connectivity index (χ2n) is 6.73. The zero-order valence-corrected chi connectivity index (χ0v) is 17.8. The number of benzene rings is 1. The third-order valence-electron chi connectivity index (χ3n) is 4.74. The maximum absolute atomic E-state index is 12.4. The standard InChI is InChI=1S/C20H24ClN5OS/c1-12-16(13(2)26(3)25-12)5-4-10-23-18(27)11-17-19(24-20(22)28-17)14-6-8-15(21)9-7-14/h6-9H,4-5,10-11H2,1-3H3,(H2,22,24)(H,23,27). The van der Waals surface area contributed by atoms with Crippen LogP contribution in [0.3, 0.4) is 0 Å². The van der Waals surface area contributed by atoms with Crippen molar-refractivity contribution in [1.82, 2.24) is 20.1 Å². The van der Waals surface area contributed by atoms with Crippen molar-refractivity contribution in [2.24, 2.45) is 7.05 Å². The smallest absolute Gasteiger partial charge is 0.225 e. The van der Waals surface area contributed by atoms with Crippen LogP contribution in [0.25, 0.3) is 11.3 Å².